The van der Waals surface area contributed by atoms with Crippen LogP contribution in [0.15, 0.2) is 30.6 Å². The number of hydrogen-bond acceptors (Lipinski definition) is 4. The Morgan fingerprint density at radius 1 is 1.20 bits per heavy atom. The molecule has 7 nitrogen and oxygen atoms in total. The summed E-state index contributed by atoms with van der Waals surface area (Å²) in [5.41, 5.74) is 4.78. The average molecular weight is 336 g/mol. The second-order valence-electron chi connectivity index (χ2n) is 6.42. The van der Waals surface area contributed by atoms with Gasteiger partial charge in [-0.25, -0.2) is 4.98 Å². The predicted molar refractivity (Wildman–Crippen MR) is 92.9 cm³/mol. The fraction of sp³-hybridized carbons (Fsp3) is 0.333. The highest BCUT2D eigenvalue weighted by molar-refractivity contribution is 5.95. The third-order valence-electron chi connectivity index (χ3n) is 4.85. The van der Waals surface area contributed by atoms with Crippen molar-refractivity contribution in [2.24, 2.45) is 0 Å². The average Bonchev–Trinajstić information content (AvgIpc) is 3.36. The van der Waals surface area contributed by atoms with Gasteiger partial charge in [-0.05, 0) is 38.8 Å². The lowest BCUT2D eigenvalue weighted by Gasteiger charge is -2.25. The van der Waals surface area contributed by atoms with Crippen molar-refractivity contribution < 1.29 is 4.79 Å². The Kier molecular flexibility index (Phi) is 3.83. The van der Waals surface area contributed by atoms with Gasteiger partial charge in [-0.1, -0.05) is 12.1 Å². The number of likely N-dealkylation sites (tertiary alicyclic amines) is 1. The van der Waals surface area contributed by atoms with Crippen LogP contribution in [0.1, 0.15) is 46.2 Å². The zero-order valence-corrected chi connectivity index (χ0v) is 14.3. The second-order valence-corrected chi connectivity index (χ2v) is 6.42. The summed E-state index contributed by atoms with van der Waals surface area (Å²) in [6.07, 6.45) is 3.46. The monoisotopic (exact) mass is 336 g/mol. The first-order valence-corrected chi connectivity index (χ1v) is 8.43. The maximum Gasteiger partial charge on any atom is 0.254 e. The van der Waals surface area contributed by atoms with Crippen LogP contribution in [0.25, 0.3) is 11.4 Å². The van der Waals surface area contributed by atoms with E-state index in [1.54, 1.807) is 0 Å². The zero-order valence-electron chi connectivity index (χ0n) is 14.3. The Balaban J connectivity index is 1.59. The molecule has 0 aliphatic carbocycles. The number of amides is 1. The summed E-state index contributed by atoms with van der Waals surface area (Å²) < 4.78 is 0. The first kappa shape index (κ1) is 15.6. The molecule has 4 rings (SSSR count). The highest BCUT2D eigenvalue weighted by Crippen LogP contribution is 2.35. The predicted octanol–water partition coefficient (Wildman–Crippen LogP) is 2.79. The molecule has 1 saturated heterocycles. The van der Waals surface area contributed by atoms with E-state index in [-0.39, 0.29) is 11.9 Å². The van der Waals surface area contributed by atoms with E-state index in [0.717, 1.165) is 41.9 Å². The van der Waals surface area contributed by atoms with Gasteiger partial charge in [0.2, 0.25) is 0 Å². The van der Waals surface area contributed by atoms with Crippen LogP contribution in [0.5, 0.6) is 0 Å². The van der Waals surface area contributed by atoms with Gasteiger partial charge in [-0.3, -0.25) is 15.0 Å². The number of rotatable bonds is 3. The fourth-order valence-corrected chi connectivity index (χ4v) is 3.64. The number of nitrogens with zero attached hydrogens (tertiary/aromatic N) is 4. The van der Waals surface area contributed by atoms with Crippen molar-refractivity contribution in [3.8, 4) is 11.4 Å². The lowest BCUT2D eigenvalue weighted by atomic mass is 10.0. The molecule has 0 bridgehead atoms. The molecular formula is C18H20N6O. The highest BCUT2D eigenvalue weighted by atomic mass is 16.2. The number of hydrogen-bond donors (Lipinski definition) is 2. The summed E-state index contributed by atoms with van der Waals surface area (Å²) in [4.78, 5) is 19.1. The third-order valence-corrected chi connectivity index (χ3v) is 4.85. The van der Waals surface area contributed by atoms with E-state index in [0.29, 0.717) is 11.4 Å². The standard InChI is InChI=1S/C18H20N6O/c1-11-16(12(2)22-21-11)15-4-3-9-24(15)18(25)14-7-5-13(6-8-14)17-19-10-20-23-17/h5-8,10,15H,3-4,9H2,1-2H3,(H,21,22)(H,19,20,23). The van der Waals surface area contributed by atoms with Crippen LogP contribution >= 0.6 is 0 Å². The number of carbonyl (C=O) groups is 1. The maximum absolute atomic E-state index is 13.0. The third kappa shape index (κ3) is 2.71. The van der Waals surface area contributed by atoms with Crippen molar-refractivity contribution >= 4 is 5.91 Å². The normalized spacial score (nSPS) is 17.2. The SMILES string of the molecule is Cc1n[nH]c(C)c1C1CCCN1C(=O)c1ccc(-c2ncn[nH]2)cc1. The molecule has 1 amide bonds. The zero-order chi connectivity index (χ0) is 17.4. The minimum absolute atomic E-state index is 0.0617. The first-order valence-electron chi connectivity index (χ1n) is 8.43. The number of carbonyl (C=O) groups excluding carboxylic acids is 1. The number of nitrogens with one attached hydrogen (secondary N) is 2. The summed E-state index contributed by atoms with van der Waals surface area (Å²) in [7, 11) is 0. The molecule has 0 saturated carbocycles. The summed E-state index contributed by atoms with van der Waals surface area (Å²) in [5.74, 6) is 0.759. The topological polar surface area (TPSA) is 90.6 Å². The van der Waals surface area contributed by atoms with Crippen molar-refractivity contribution in [3.05, 3.63) is 53.1 Å². The molecular weight excluding hydrogens is 316 g/mol. The summed E-state index contributed by atoms with van der Waals surface area (Å²) in [6, 6.07) is 7.59. The molecule has 25 heavy (non-hydrogen) atoms. The minimum atomic E-state index is 0.0617. The number of aromatic nitrogens is 5. The van der Waals surface area contributed by atoms with Crippen LogP contribution in [-0.4, -0.2) is 42.7 Å². The second kappa shape index (κ2) is 6.16. The van der Waals surface area contributed by atoms with E-state index < -0.39 is 0 Å². The number of aromatic amines is 2. The molecule has 1 fully saturated rings. The largest absolute Gasteiger partial charge is 0.331 e. The van der Waals surface area contributed by atoms with E-state index in [2.05, 4.69) is 25.4 Å². The maximum atomic E-state index is 13.0. The Bertz CT molecular complexity index is 861. The van der Waals surface area contributed by atoms with Crippen molar-refractivity contribution in [2.45, 2.75) is 32.7 Å². The molecule has 1 aliphatic rings. The molecule has 3 aromatic rings. The van der Waals surface area contributed by atoms with Gasteiger partial charge >= 0.3 is 0 Å². The van der Waals surface area contributed by atoms with Gasteiger partial charge in [-0.2, -0.15) is 10.2 Å². The van der Waals surface area contributed by atoms with Crippen molar-refractivity contribution in [1.29, 1.82) is 0 Å². The van der Waals surface area contributed by atoms with Gasteiger partial charge in [-0.15, -0.1) is 0 Å². The van der Waals surface area contributed by atoms with Crippen LogP contribution < -0.4 is 0 Å². The van der Waals surface area contributed by atoms with Crippen LogP contribution in [0.3, 0.4) is 0 Å². The quantitative estimate of drug-likeness (QED) is 0.769. The van der Waals surface area contributed by atoms with E-state index in [9.17, 15) is 4.79 Å². The Labute approximate surface area is 145 Å². The van der Waals surface area contributed by atoms with Crippen LogP contribution in [0.2, 0.25) is 0 Å². The van der Waals surface area contributed by atoms with E-state index >= 15 is 0 Å². The molecule has 1 atom stereocenters. The lowest BCUT2D eigenvalue weighted by molar-refractivity contribution is 0.0735. The van der Waals surface area contributed by atoms with Crippen LogP contribution in [0.4, 0.5) is 0 Å². The summed E-state index contributed by atoms with van der Waals surface area (Å²) >= 11 is 0. The van der Waals surface area contributed by atoms with E-state index in [1.807, 2.05) is 43.0 Å². The van der Waals surface area contributed by atoms with Crippen molar-refractivity contribution in [1.82, 2.24) is 30.3 Å². The molecule has 7 heteroatoms. The lowest BCUT2D eigenvalue weighted by Crippen LogP contribution is -2.31. The van der Waals surface area contributed by atoms with Crippen molar-refractivity contribution in [3.63, 3.8) is 0 Å². The van der Waals surface area contributed by atoms with E-state index in [4.69, 9.17) is 0 Å². The molecule has 2 N–H and O–H groups in total. The molecule has 2 aromatic heterocycles. The fourth-order valence-electron chi connectivity index (χ4n) is 3.64. The molecule has 128 valence electrons. The molecule has 3 heterocycles. The molecule has 0 spiro atoms. The van der Waals surface area contributed by atoms with Crippen molar-refractivity contribution in [2.75, 3.05) is 6.54 Å². The Morgan fingerprint density at radius 3 is 2.64 bits per heavy atom. The molecule has 0 radical (unpaired) electrons. The number of H-pyrrole nitrogens is 2. The summed E-state index contributed by atoms with van der Waals surface area (Å²) in [5, 5.41) is 14.0. The van der Waals surface area contributed by atoms with Gasteiger partial charge < -0.3 is 4.90 Å². The van der Waals surface area contributed by atoms with E-state index in [1.165, 1.54) is 6.33 Å². The first-order chi connectivity index (χ1) is 12.1. The van der Waals surface area contributed by atoms with Crippen LogP contribution in [-0.2, 0) is 0 Å². The van der Waals surface area contributed by atoms with Crippen LogP contribution in [0, 0.1) is 13.8 Å². The van der Waals surface area contributed by atoms with Gasteiger partial charge in [0.05, 0.1) is 11.7 Å². The molecule has 1 unspecified atom stereocenters. The van der Waals surface area contributed by atoms with Gasteiger partial charge in [0.15, 0.2) is 5.82 Å². The highest BCUT2D eigenvalue weighted by Gasteiger charge is 2.33. The number of aryl methyl sites for hydroxylation is 2. The number of benzene rings is 1. The Morgan fingerprint density at radius 2 is 2.00 bits per heavy atom. The minimum Gasteiger partial charge on any atom is -0.331 e. The smallest absolute Gasteiger partial charge is 0.254 e. The Hall–Kier alpha value is -2.96. The van der Waals surface area contributed by atoms with Gasteiger partial charge in [0.25, 0.3) is 5.91 Å². The summed E-state index contributed by atoms with van der Waals surface area (Å²) in [6.45, 7) is 4.78. The molecule has 1 aliphatic heterocycles. The van der Waals surface area contributed by atoms with Gasteiger partial charge in [0, 0.05) is 28.9 Å². The van der Waals surface area contributed by atoms with Gasteiger partial charge in [0.1, 0.15) is 6.33 Å². The molecule has 1 aromatic carbocycles.